The number of Topliss-reactive ketones (excluding diaryl/α,β-unsaturated/α-hetero) is 1. The van der Waals surface area contributed by atoms with E-state index in [0.717, 1.165) is 11.1 Å². The molecule has 3 aromatic rings. The summed E-state index contributed by atoms with van der Waals surface area (Å²) in [6.45, 7) is 1.65. The number of carbonyl (C=O) groups is 2. The lowest BCUT2D eigenvalue weighted by atomic mass is 10.1. The van der Waals surface area contributed by atoms with Crippen molar-refractivity contribution < 1.29 is 14.3 Å². The molecule has 122 valence electrons. The average molecular weight is 325 g/mol. The highest BCUT2D eigenvalue weighted by molar-refractivity contribution is 5.92. The van der Waals surface area contributed by atoms with Gasteiger partial charge in [0.15, 0.2) is 18.0 Å². The molecule has 0 saturated carbocycles. The van der Waals surface area contributed by atoms with Gasteiger partial charge in [-0.2, -0.15) is 5.10 Å². The van der Waals surface area contributed by atoms with Crippen LogP contribution < -0.4 is 5.69 Å². The topological polar surface area (TPSA) is 93.5 Å². The molecule has 1 aromatic carbocycles. The van der Waals surface area contributed by atoms with Crippen LogP contribution in [-0.4, -0.2) is 33.0 Å². The third-order valence-corrected chi connectivity index (χ3v) is 3.53. The second-order valence-corrected chi connectivity index (χ2v) is 5.45. The summed E-state index contributed by atoms with van der Waals surface area (Å²) < 4.78 is 6.22. The van der Waals surface area contributed by atoms with Crippen LogP contribution in [0.3, 0.4) is 0 Å². The van der Waals surface area contributed by atoms with Gasteiger partial charge < -0.3 is 4.74 Å². The molecule has 0 fully saturated rings. The van der Waals surface area contributed by atoms with E-state index in [1.54, 1.807) is 0 Å². The Morgan fingerprint density at radius 2 is 1.92 bits per heavy atom. The van der Waals surface area contributed by atoms with Crippen molar-refractivity contribution in [3.63, 3.8) is 0 Å². The van der Waals surface area contributed by atoms with E-state index in [1.165, 1.54) is 22.7 Å². The molecular formula is C17H15N3O4. The van der Waals surface area contributed by atoms with Gasteiger partial charge in [0.2, 0.25) is 0 Å². The first-order valence-corrected chi connectivity index (χ1v) is 7.34. The highest BCUT2D eigenvalue weighted by atomic mass is 16.5. The predicted molar refractivity (Wildman–Crippen MR) is 86.0 cm³/mol. The summed E-state index contributed by atoms with van der Waals surface area (Å²) in [5.74, 6) is -0.865. The fraction of sp³-hybridized carbons (Fsp3) is 0.176. The quantitative estimate of drug-likeness (QED) is 0.714. The van der Waals surface area contributed by atoms with E-state index in [2.05, 4.69) is 10.2 Å². The van der Waals surface area contributed by atoms with E-state index >= 15 is 0 Å². The molecule has 0 aliphatic heterocycles. The fourth-order valence-electron chi connectivity index (χ4n) is 2.24. The van der Waals surface area contributed by atoms with E-state index in [9.17, 15) is 14.4 Å². The van der Waals surface area contributed by atoms with Gasteiger partial charge in [0.1, 0.15) is 0 Å². The number of ether oxygens (including phenoxy) is 1. The molecule has 1 N–H and O–H groups in total. The van der Waals surface area contributed by atoms with Crippen LogP contribution in [0.5, 0.6) is 0 Å². The standard InChI is InChI=1S/C17H15N3O4/c1-11-2-4-12(5-3-11)8-14(21)10-24-16(22)13-6-7-15-18-19-17(23)20(15)9-13/h2-7,9H,8,10H2,1H3,(H,19,23). The maximum Gasteiger partial charge on any atom is 0.347 e. The van der Waals surface area contributed by atoms with Crippen molar-refractivity contribution in [1.82, 2.24) is 14.6 Å². The molecule has 0 spiro atoms. The SMILES string of the molecule is Cc1ccc(CC(=O)COC(=O)c2ccc3n[nH]c(=O)n3c2)cc1. The first-order valence-electron chi connectivity index (χ1n) is 7.34. The number of esters is 1. The maximum atomic E-state index is 12.0. The molecule has 0 atom stereocenters. The monoisotopic (exact) mass is 325 g/mol. The number of H-pyrrole nitrogens is 1. The summed E-state index contributed by atoms with van der Waals surface area (Å²) >= 11 is 0. The number of aromatic amines is 1. The molecule has 0 unspecified atom stereocenters. The number of nitrogens with one attached hydrogen (secondary N) is 1. The number of fused-ring (bicyclic) bond motifs is 1. The highest BCUT2D eigenvalue weighted by Crippen LogP contribution is 2.06. The first-order chi connectivity index (χ1) is 11.5. The number of pyridine rings is 1. The van der Waals surface area contributed by atoms with E-state index in [4.69, 9.17) is 4.74 Å². The van der Waals surface area contributed by atoms with E-state index in [0.29, 0.717) is 5.65 Å². The smallest absolute Gasteiger partial charge is 0.347 e. The molecule has 0 bridgehead atoms. The molecule has 0 amide bonds. The summed E-state index contributed by atoms with van der Waals surface area (Å²) in [6, 6.07) is 10.6. The number of carbonyl (C=O) groups excluding carboxylic acids is 2. The molecule has 0 aliphatic rings. The third-order valence-electron chi connectivity index (χ3n) is 3.53. The number of aryl methyl sites for hydroxylation is 1. The second-order valence-electron chi connectivity index (χ2n) is 5.45. The minimum atomic E-state index is -0.665. The van der Waals surface area contributed by atoms with Crippen LogP contribution in [-0.2, 0) is 16.0 Å². The number of ketones is 1. The van der Waals surface area contributed by atoms with Crippen molar-refractivity contribution in [2.75, 3.05) is 6.61 Å². The number of nitrogens with zero attached hydrogens (tertiary/aromatic N) is 2. The Bertz CT molecular complexity index is 954. The number of hydrogen-bond acceptors (Lipinski definition) is 5. The maximum absolute atomic E-state index is 12.0. The van der Waals surface area contributed by atoms with Crippen LogP contribution in [0, 0.1) is 6.92 Å². The first kappa shape index (κ1) is 15.7. The van der Waals surface area contributed by atoms with Crippen molar-refractivity contribution in [3.8, 4) is 0 Å². The minimum Gasteiger partial charge on any atom is -0.454 e. The van der Waals surface area contributed by atoms with Gasteiger partial charge in [-0.05, 0) is 24.6 Å². The van der Waals surface area contributed by atoms with Crippen LogP contribution >= 0.6 is 0 Å². The van der Waals surface area contributed by atoms with Gasteiger partial charge in [-0.3, -0.25) is 4.79 Å². The lowest BCUT2D eigenvalue weighted by molar-refractivity contribution is -0.121. The molecule has 2 aromatic heterocycles. The molecule has 3 rings (SSSR count). The Balaban J connectivity index is 1.61. The van der Waals surface area contributed by atoms with E-state index < -0.39 is 11.7 Å². The van der Waals surface area contributed by atoms with Gasteiger partial charge in [0.05, 0.1) is 5.56 Å². The van der Waals surface area contributed by atoms with Crippen molar-refractivity contribution in [1.29, 1.82) is 0 Å². The Labute approximate surface area is 136 Å². The molecule has 24 heavy (non-hydrogen) atoms. The number of rotatable bonds is 5. The summed E-state index contributed by atoms with van der Waals surface area (Å²) in [6.07, 6.45) is 1.53. The minimum absolute atomic E-state index is 0.175. The number of aromatic nitrogens is 3. The van der Waals surface area contributed by atoms with Gasteiger partial charge in [-0.25, -0.2) is 19.1 Å². The van der Waals surface area contributed by atoms with Gasteiger partial charge in [0.25, 0.3) is 0 Å². The molecule has 7 heteroatoms. The van der Waals surface area contributed by atoms with Crippen LogP contribution in [0.2, 0.25) is 0 Å². The largest absolute Gasteiger partial charge is 0.454 e. The van der Waals surface area contributed by atoms with Crippen LogP contribution in [0.1, 0.15) is 21.5 Å². The summed E-state index contributed by atoms with van der Waals surface area (Å²) in [7, 11) is 0. The highest BCUT2D eigenvalue weighted by Gasteiger charge is 2.12. The lowest BCUT2D eigenvalue weighted by Crippen LogP contribution is -2.17. The van der Waals surface area contributed by atoms with Gasteiger partial charge >= 0.3 is 11.7 Å². The summed E-state index contributed by atoms with van der Waals surface area (Å²) in [5, 5.41) is 6.04. The molecule has 0 aliphatic carbocycles. The second kappa shape index (κ2) is 6.49. The zero-order valence-electron chi connectivity index (χ0n) is 13.0. The van der Waals surface area contributed by atoms with Crippen LogP contribution in [0.4, 0.5) is 0 Å². The van der Waals surface area contributed by atoms with Crippen molar-refractivity contribution in [3.05, 3.63) is 69.8 Å². The Morgan fingerprint density at radius 3 is 2.67 bits per heavy atom. The number of hydrogen-bond donors (Lipinski definition) is 1. The average Bonchev–Trinajstić information content (AvgIpc) is 2.95. The zero-order valence-corrected chi connectivity index (χ0v) is 13.0. The van der Waals surface area contributed by atoms with Crippen LogP contribution in [0.25, 0.3) is 5.65 Å². The molecule has 0 radical (unpaired) electrons. The normalized spacial score (nSPS) is 10.7. The van der Waals surface area contributed by atoms with Crippen molar-refractivity contribution >= 4 is 17.4 Å². The molecular weight excluding hydrogens is 310 g/mol. The lowest BCUT2D eigenvalue weighted by Gasteiger charge is -2.05. The van der Waals surface area contributed by atoms with E-state index in [-0.39, 0.29) is 24.4 Å². The van der Waals surface area contributed by atoms with Crippen molar-refractivity contribution in [2.24, 2.45) is 0 Å². The Kier molecular flexibility index (Phi) is 4.24. The van der Waals surface area contributed by atoms with Gasteiger partial charge in [-0.1, -0.05) is 29.8 Å². The summed E-state index contributed by atoms with van der Waals surface area (Å²) in [5.41, 5.74) is 2.10. The molecule has 0 saturated heterocycles. The van der Waals surface area contributed by atoms with Crippen molar-refractivity contribution in [2.45, 2.75) is 13.3 Å². The van der Waals surface area contributed by atoms with Crippen LogP contribution in [0.15, 0.2) is 47.4 Å². The third kappa shape index (κ3) is 3.40. The predicted octanol–water partition coefficient (Wildman–Crippen LogP) is 1.30. The fourth-order valence-corrected chi connectivity index (χ4v) is 2.24. The summed E-state index contributed by atoms with van der Waals surface area (Å²) in [4.78, 5) is 35.4. The Hall–Kier alpha value is -3.22. The molecule has 7 nitrogen and oxygen atoms in total. The zero-order chi connectivity index (χ0) is 17.1. The van der Waals surface area contributed by atoms with Gasteiger partial charge in [0, 0.05) is 12.6 Å². The number of benzene rings is 1. The van der Waals surface area contributed by atoms with Gasteiger partial charge in [-0.15, -0.1) is 0 Å². The molecule has 2 heterocycles. The Morgan fingerprint density at radius 1 is 1.17 bits per heavy atom. The van der Waals surface area contributed by atoms with E-state index in [1.807, 2.05) is 31.2 Å².